The summed E-state index contributed by atoms with van der Waals surface area (Å²) in [6.07, 6.45) is 21.1. The maximum Gasteiger partial charge on any atom is 0.320 e. The Hall–Kier alpha value is -0.660. The van der Waals surface area contributed by atoms with E-state index < -0.39 is 17.9 Å². The highest BCUT2D eigenvalue weighted by atomic mass is 32.1. The van der Waals surface area contributed by atoms with E-state index in [0.717, 1.165) is 19.4 Å². The Morgan fingerprint density at radius 2 is 1.15 bits per heavy atom. The molecular formula is C26H50NO4S2+. The minimum absolute atomic E-state index is 0.116. The van der Waals surface area contributed by atoms with Crippen LogP contribution in [0, 0.1) is 5.92 Å². The molecule has 2 unspecified atom stereocenters. The average molecular weight is 505 g/mol. The van der Waals surface area contributed by atoms with Crippen molar-refractivity contribution in [2.75, 3.05) is 27.8 Å². The van der Waals surface area contributed by atoms with Crippen LogP contribution in [0.3, 0.4) is 0 Å². The smallest absolute Gasteiger partial charge is 0.320 e. The maximum atomic E-state index is 12.1. The molecule has 0 spiro atoms. The summed E-state index contributed by atoms with van der Waals surface area (Å²) in [4.78, 5) is 24.2. The molecule has 0 saturated heterocycles. The van der Waals surface area contributed by atoms with E-state index in [1.807, 2.05) is 7.05 Å². The normalized spacial score (nSPS) is 13.8. The molecule has 0 aromatic heterocycles. The first-order valence-corrected chi connectivity index (χ1v) is 13.9. The number of hydrogen-bond donors (Lipinski definition) is 1. The lowest BCUT2D eigenvalue weighted by molar-refractivity contribution is -0.670. The molecule has 0 rings (SSSR count). The van der Waals surface area contributed by atoms with Crippen LogP contribution in [0.15, 0.2) is 0 Å². The van der Waals surface area contributed by atoms with Crippen molar-refractivity contribution in [3.8, 4) is 0 Å². The van der Waals surface area contributed by atoms with E-state index in [2.05, 4.69) is 19.7 Å². The summed E-state index contributed by atoms with van der Waals surface area (Å²) in [5, 5.41) is 0. The van der Waals surface area contributed by atoms with Crippen molar-refractivity contribution < 1.29 is 23.0 Å². The predicted molar refractivity (Wildman–Crippen MR) is 144 cm³/mol. The molecule has 0 aliphatic heterocycles. The van der Waals surface area contributed by atoms with Crippen LogP contribution >= 0.6 is 25.0 Å². The van der Waals surface area contributed by atoms with Gasteiger partial charge in [0, 0.05) is 0 Å². The van der Waals surface area contributed by atoms with Gasteiger partial charge < -0.3 is 9.47 Å². The molecule has 194 valence electrons. The van der Waals surface area contributed by atoms with Crippen LogP contribution in [0.4, 0.5) is 0 Å². The second kappa shape index (κ2) is 20.7. The molecule has 0 heterocycles. The van der Waals surface area contributed by atoms with E-state index in [0.29, 0.717) is 4.99 Å². The Balaban J connectivity index is 3.86. The minimum Gasteiger partial charge on any atom is -0.469 e. The number of methoxy groups -OCH3 is 2. The van der Waals surface area contributed by atoms with Crippen LogP contribution in [0.25, 0.3) is 0 Å². The summed E-state index contributed by atoms with van der Waals surface area (Å²) in [5.41, 5.74) is 0. The van der Waals surface area contributed by atoms with Crippen LogP contribution < -0.4 is 0 Å². The van der Waals surface area contributed by atoms with E-state index in [-0.39, 0.29) is 10.3 Å². The molecule has 7 heteroatoms. The van der Waals surface area contributed by atoms with Crippen molar-refractivity contribution in [2.45, 2.75) is 116 Å². The van der Waals surface area contributed by atoms with Crippen molar-refractivity contribution in [1.29, 1.82) is 0 Å². The van der Waals surface area contributed by atoms with E-state index in [1.165, 1.54) is 104 Å². The Kier molecular flexibility index (Phi) is 20.3. The number of thiocarbonyl (C=S) groups is 1. The molecule has 33 heavy (non-hydrogen) atoms. The quantitative estimate of drug-likeness (QED) is 0.0588. The molecule has 0 aromatic carbocycles. The number of rotatable bonds is 21. The third-order valence-electron chi connectivity index (χ3n) is 6.30. The van der Waals surface area contributed by atoms with E-state index in [1.54, 1.807) is 0 Å². The lowest BCUT2D eigenvalue weighted by Gasteiger charge is -2.30. The number of hydrogen-bond acceptors (Lipinski definition) is 6. The summed E-state index contributed by atoms with van der Waals surface area (Å²) < 4.78 is 9.65. The molecule has 0 bridgehead atoms. The van der Waals surface area contributed by atoms with Crippen LogP contribution in [0.1, 0.15) is 116 Å². The van der Waals surface area contributed by atoms with Gasteiger partial charge in [0.1, 0.15) is 0 Å². The Morgan fingerprint density at radius 3 is 1.52 bits per heavy atom. The van der Waals surface area contributed by atoms with Gasteiger partial charge in [-0.25, -0.2) is 3.89 Å². The number of unbranched alkanes of at least 4 members (excludes halogenated alkanes) is 15. The summed E-state index contributed by atoms with van der Waals surface area (Å²) in [7, 11) is 4.46. The van der Waals surface area contributed by atoms with Crippen LogP contribution in [0.5, 0.6) is 0 Å². The van der Waals surface area contributed by atoms with Gasteiger partial charge in [-0.15, -0.1) is 0 Å². The van der Waals surface area contributed by atoms with Gasteiger partial charge in [-0.2, -0.15) is 0 Å². The molecule has 0 aliphatic carbocycles. The SMILES string of the molecule is CCCCCCCCCCCCCCCCCC[N+](C)(S)C(=S)C(CC(=O)OC)C(=O)OC. The molecule has 0 N–H and O–H groups in total. The number of thiol groups is 1. The largest absolute Gasteiger partial charge is 0.469 e. The zero-order valence-corrected chi connectivity index (χ0v) is 23.5. The molecule has 0 aliphatic rings. The van der Waals surface area contributed by atoms with E-state index >= 15 is 0 Å². The van der Waals surface area contributed by atoms with Crippen LogP contribution in [-0.4, -0.2) is 48.6 Å². The zero-order chi connectivity index (χ0) is 25.0. The van der Waals surface area contributed by atoms with Crippen molar-refractivity contribution in [3.05, 3.63) is 0 Å². The predicted octanol–water partition coefficient (Wildman–Crippen LogP) is 7.22. The van der Waals surface area contributed by atoms with E-state index in [9.17, 15) is 9.59 Å². The number of esters is 2. The zero-order valence-electron chi connectivity index (χ0n) is 21.7. The third kappa shape index (κ3) is 16.6. The fourth-order valence-electron chi connectivity index (χ4n) is 4.08. The molecule has 0 amide bonds. The first-order valence-electron chi connectivity index (χ1n) is 13.1. The number of carbonyl (C=O) groups excluding carboxylic acids is 2. The molecule has 5 nitrogen and oxygen atoms in total. The van der Waals surface area contributed by atoms with E-state index in [4.69, 9.17) is 21.7 Å². The number of ether oxygens (including phenoxy) is 2. The second-order valence-corrected chi connectivity index (χ2v) is 10.7. The fourth-order valence-corrected chi connectivity index (χ4v) is 4.63. The molecule has 0 radical (unpaired) electrons. The highest BCUT2D eigenvalue weighted by Crippen LogP contribution is 2.22. The minimum atomic E-state index is -0.819. The Labute approximate surface area is 214 Å². The average Bonchev–Trinajstić information content (AvgIpc) is 2.81. The first kappa shape index (κ1) is 32.3. The van der Waals surface area contributed by atoms with Crippen molar-refractivity contribution in [3.63, 3.8) is 0 Å². The Morgan fingerprint density at radius 1 is 0.758 bits per heavy atom. The number of quaternary nitrogens is 1. The lowest BCUT2D eigenvalue weighted by atomic mass is 10.0. The van der Waals surface area contributed by atoms with Crippen molar-refractivity contribution >= 4 is 42.0 Å². The summed E-state index contributed by atoms with van der Waals surface area (Å²) >= 11 is 10.2. The van der Waals surface area contributed by atoms with Gasteiger partial charge >= 0.3 is 11.9 Å². The van der Waals surface area contributed by atoms with Gasteiger partial charge in [0.05, 0.1) is 47.0 Å². The monoisotopic (exact) mass is 504 g/mol. The molecule has 0 saturated carbocycles. The fraction of sp³-hybridized carbons (Fsp3) is 0.885. The van der Waals surface area contributed by atoms with Gasteiger partial charge in [-0.1, -0.05) is 96.8 Å². The van der Waals surface area contributed by atoms with Gasteiger partial charge in [0.25, 0.3) is 0 Å². The Bertz CT molecular complexity index is 540. The van der Waals surface area contributed by atoms with Gasteiger partial charge in [-0.05, 0) is 25.1 Å². The lowest BCUT2D eigenvalue weighted by Crippen LogP contribution is -2.47. The van der Waals surface area contributed by atoms with Gasteiger partial charge in [-0.3, -0.25) is 9.59 Å². The highest BCUT2D eigenvalue weighted by molar-refractivity contribution is 7.82. The summed E-state index contributed by atoms with van der Waals surface area (Å²) in [6.45, 7) is 2.99. The van der Waals surface area contributed by atoms with Crippen LogP contribution in [-0.2, 0) is 19.1 Å². The third-order valence-corrected chi connectivity index (χ3v) is 7.54. The van der Waals surface area contributed by atoms with Crippen molar-refractivity contribution in [2.24, 2.45) is 5.92 Å². The van der Waals surface area contributed by atoms with Gasteiger partial charge in [0.15, 0.2) is 10.9 Å². The van der Waals surface area contributed by atoms with Crippen LogP contribution in [0.2, 0.25) is 0 Å². The second-order valence-electron chi connectivity index (χ2n) is 9.36. The molecule has 0 fully saturated rings. The maximum absolute atomic E-state index is 12.1. The summed E-state index contributed by atoms with van der Waals surface area (Å²) in [5.74, 6) is -1.82. The molecule has 2 atom stereocenters. The van der Waals surface area contributed by atoms with Gasteiger partial charge in [0.2, 0.25) is 0 Å². The number of carbonyl (C=O) groups is 2. The van der Waals surface area contributed by atoms with Crippen molar-refractivity contribution in [1.82, 2.24) is 0 Å². The molecule has 0 aromatic rings. The standard InChI is InChI=1S/C26H50NO4S2/c1-5-6-7-8-9-10-11-12-13-14-15-16-17-18-19-20-21-27(2,33)25(32)23(26(29)31-4)22-24(28)30-3/h23,33H,5-22H2,1-4H3/q+1. The summed E-state index contributed by atoms with van der Waals surface area (Å²) in [6, 6.07) is 0. The highest BCUT2D eigenvalue weighted by Gasteiger charge is 2.38. The molecular weight excluding hydrogens is 454 g/mol. The first-order chi connectivity index (χ1) is 15.8. The number of nitrogens with zero attached hydrogens (tertiary/aromatic N) is 1. The topological polar surface area (TPSA) is 52.6 Å².